The molecule has 2 aromatic carbocycles. The van der Waals surface area contributed by atoms with Gasteiger partial charge < -0.3 is 15.8 Å². The summed E-state index contributed by atoms with van der Waals surface area (Å²) in [6, 6.07) is 7.35. The molecule has 0 amide bonds. The van der Waals surface area contributed by atoms with Gasteiger partial charge >= 0.3 is 0 Å². The van der Waals surface area contributed by atoms with Crippen LogP contribution in [-0.2, 0) is 0 Å². The molecule has 0 spiro atoms. The van der Waals surface area contributed by atoms with Crippen molar-refractivity contribution in [3.8, 4) is 5.75 Å². The van der Waals surface area contributed by atoms with Crippen molar-refractivity contribution in [2.45, 2.75) is 26.9 Å². The maximum atomic E-state index is 13.8. The summed E-state index contributed by atoms with van der Waals surface area (Å²) in [7, 11) is 0. The number of nitrogens with two attached hydrogens (primary N) is 1. The largest absolute Gasteiger partial charge is 0.488 e. The van der Waals surface area contributed by atoms with E-state index < -0.39 is 11.6 Å². The van der Waals surface area contributed by atoms with Gasteiger partial charge in [-0.05, 0) is 32.4 Å². The van der Waals surface area contributed by atoms with Crippen molar-refractivity contribution < 1.29 is 13.5 Å². The zero-order valence-corrected chi connectivity index (χ0v) is 12.2. The standard InChI is InChI=1S/C16H18F2N2O/c1-9(2)21-15-8-14(13(19)7-12(15)18)20-16-10(3)5-4-6-11(16)17/h4-9,20H,19H2,1-3H3. The summed E-state index contributed by atoms with van der Waals surface area (Å²) in [5.74, 6) is -0.863. The van der Waals surface area contributed by atoms with Crippen LogP contribution in [0, 0.1) is 18.6 Å². The van der Waals surface area contributed by atoms with E-state index in [-0.39, 0.29) is 17.5 Å². The van der Waals surface area contributed by atoms with Gasteiger partial charge in [-0.2, -0.15) is 0 Å². The van der Waals surface area contributed by atoms with Crippen LogP contribution in [0.1, 0.15) is 19.4 Å². The van der Waals surface area contributed by atoms with Crippen molar-refractivity contribution in [1.82, 2.24) is 0 Å². The number of ether oxygens (including phenoxy) is 1. The molecule has 0 bridgehead atoms. The number of anilines is 3. The molecule has 21 heavy (non-hydrogen) atoms. The van der Waals surface area contributed by atoms with E-state index in [1.165, 1.54) is 12.1 Å². The highest BCUT2D eigenvalue weighted by Crippen LogP contribution is 2.32. The number of hydrogen-bond acceptors (Lipinski definition) is 3. The molecule has 112 valence electrons. The number of para-hydroxylation sites is 1. The van der Waals surface area contributed by atoms with Gasteiger partial charge in [0, 0.05) is 12.1 Å². The van der Waals surface area contributed by atoms with E-state index in [1.54, 1.807) is 32.9 Å². The molecule has 0 heterocycles. The fourth-order valence-corrected chi connectivity index (χ4v) is 1.95. The van der Waals surface area contributed by atoms with Gasteiger partial charge in [0.25, 0.3) is 0 Å². The van der Waals surface area contributed by atoms with Crippen LogP contribution in [0.5, 0.6) is 5.75 Å². The first kappa shape index (κ1) is 15.1. The molecule has 0 saturated heterocycles. The Morgan fingerprint density at radius 2 is 1.86 bits per heavy atom. The molecule has 2 aromatic rings. The second kappa shape index (κ2) is 5.99. The summed E-state index contributed by atoms with van der Waals surface area (Å²) >= 11 is 0. The highest BCUT2D eigenvalue weighted by molar-refractivity contribution is 5.75. The van der Waals surface area contributed by atoms with Gasteiger partial charge in [-0.3, -0.25) is 0 Å². The minimum absolute atomic E-state index is 0.0793. The molecule has 0 fully saturated rings. The monoisotopic (exact) mass is 292 g/mol. The Morgan fingerprint density at radius 3 is 2.48 bits per heavy atom. The zero-order chi connectivity index (χ0) is 15.6. The van der Waals surface area contributed by atoms with Crippen LogP contribution in [0.4, 0.5) is 25.8 Å². The van der Waals surface area contributed by atoms with Crippen LogP contribution in [0.3, 0.4) is 0 Å². The maximum absolute atomic E-state index is 13.8. The predicted molar refractivity (Wildman–Crippen MR) is 81.0 cm³/mol. The lowest BCUT2D eigenvalue weighted by atomic mass is 10.1. The third-order valence-electron chi connectivity index (χ3n) is 2.95. The molecular weight excluding hydrogens is 274 g/mol. The quantitative estimate of drug-likeness (QED) is 0.822. The number of halogens is 2. The van der Waals surface area contributed by atoms with Crippen LogP contribution in [0.2, 0.25) is 0 Å². The smallest absolute Gasteiger partial charge is 0.167 e. The number of hydrogen-bond donors (Lipinski definition) is 2. The molecule has 2 rings (SSSR count). The summed E-state index contributed by atoms with van der Waals surface area (Å²) in [5.41, 5.74) is 7.42. The Labute approximate surface area is 122 Å². The van der Waals surface area contributed by atoms with Gasteiger partial charge in [-0.25, -0.2) is 8.78 Å². The van der Waals surface area contributed by atoms with Crippen LogP contribution >= 0.6 is 0 Å². The molecule has 3 N–H and O–H groups in total. The average molecular weight is 292 g/mol. The molecule has 0 aliphatic rings. The molecular formula is C16H18F2N2O. The lowest BCUT2D eigenvalue weighted by Crippen LogP contribution is -2.08. The SMILES string of the molecule is Cc1cccc(F)c1Nc1cc(OC(C)C)c(F)cc1N. The number of nitrogens with one attached hydrogen (secondary N) is 1. The van der Waals surface area contributed by atoms with E-state index in [2.05, 4.69) is 5.32 Å². The highest BCUT2D eigenvalue weighted by Gasteiger charge is 2.13. The lowest BCUT2D eigenvalue weighted by molar-refractivity contribution is 0.231. The Hall–Kier alpha value is -2.30. The van der Waals surface area contributed by atoms with E-state index in [0.29, 0.717) is 11.4 Å². The van der Waals surface area contributed by atoms with Crippen LogP contribution in [0.15, 0.2) is 30.3 Å². The Bertz CT molecular complexity index is 637. The summed E-state index contributed by atoms with van der Waals surface area (Å²) < 4.78 is 33.0. The molecule has 3 nitrogen and oxygen atoms in total. The van der Waals surface area contributed by atoms with E-state index in [0.717, 1.165) is 11.6 Å². The fourth-order valence-electron chi connectivity index (χ4n) is 1.95. The van der Waals surface area contributed by atoms with Gasteiger partial charge in [-0.15, -0.1) is 0 Å². The van der Waals surface area contributed by atoms with Crippen molar-refractivity contribution in [2.75, 3.05) is 11.1 Å². The van der Waals surface area contributed by atoms with Crippen LogP contribution in [-0.4, -0.2) is 6.10 Å². The summed E-state index contributed by atoms with van der Waals surface area (Å²) in [6.07, 6.45) is -0.175. The highest BCUT2D eigenvalue weighted by atomic mass is 19.1. The molecule has 0 aromatic heterocycles. The minimum Gasteiger partial charge on any atom is -0.488 e. The number of rotatable bonds is 4. The zero-order valence-electron chi connectivity index (χ0n) is 12.2. The Balaban J connectivity index is 2.40. The van der Waals surface area contributed by atoms with E-state index in [4.69, 9.17) is 10.5 Å². The third kappa shape index (κ3) is 3.42. The van der Waals surface area contributed by atoms with Gasteiger partial charge in [0.05, 0.1) is 23.2 Å². The Kier molecular flexibility index (Phi) is 4.31. The molecule has 0 unspecified atom stereocenters. The number of aryl methyl sites for hydroxylation is 1. The van der Waals surface area contributed by atoms with Crippen molar-refractivity contribution in [3.05, 3.63) is 47.5 Å². The third-order valence-corrected chi connectivity index (χ3v) is 2.95. The summed E-state index contributed by atoms with van der Waals surface area (Å²) in [6.45, 7) is 5.37. The predicted octanol–water partition coefficient (Wildman–Crippen LogP) is 4.39. The van der Waals surface area contributed by atoms with Crippen molar-refractivity contribution in [2.24, 2.45) is 0 Å². The van der Waals surface area contributed by atoms with E-state index in [9.17, 15) is 8.78 Å². The number of benzene rings is 2. The molecule has 0 atom stereocenters. The first-order chi connectivity index (χ1) is 9.88. The molecule has 0 aliphatic carbocycles. The first-order valence-electron chi connectivity index (χ1n) is 6.66. The lowest BCUT2D eigenvalue weighted by Gasteiger charge is -2.16. The van der Waals surface area contributed by atoms with Gasteiger partial charge in [0.15, 0.2) is 11.6 Å². The topological polar surface area (TPSA) is 47.3 Å². The normalized spacial score (nSPS) is 10.8. The van der Waals surface area contributed by atoms with E-state index >= 15 is 0 Å². The minimum atomic E-state index is -0.544. The molecule has 0 radical (unpaired) electrons. The summed E-state index contributed by atoms with van der Waals surface area (Å²) in [4.78, 5) is 0. The molecule has 0 saturated carbocycles. The summed E-state index contributed by atoms with van der Waals surface area (Å²) in [5, 5.41) is 2.90. The van der Waals surface area contributed by atoms with E-state index in [1.807, 2.05) is 0 Å². The Morgan fingerprint density at radius 1 is 1.14 bits per heavy atom. The maximum Gasteiger partial charge on any atom is 0.167 e. The van der Waals surface area contributed by atoms with Gasteiger partial charge in [0.2, 0.25) is 0 Å². The van der Waals surface area contributed by atoms with Gasteiger partial charge in [-0.1, -0.05) is 12.1 Å². The first-order valence-corrected chi connectivity index (χ1v) is 6.66. The molecule has 5 heteroatoms. The second-order valence-corrected chi connectivity index (χ2v) is 5.09. The van der Waals surface area contributed by atoms with Crippen LogP contribution in [0.25, 0.3) is 0 Å². The van der Waals surface area contributed by atoms with Crippen LogP contribution < -0.4 is 15.8 Å². The van der Waals surface area contributed by atoms with Crippen molar-refractivity contribution >= 4 is 17.1 Å². The second-order valence-electron chi connectivity index (χ2n) is 5.09. The van der Waals surface area contributed by atoms with Gasteiger partial charge in [0.1, 0.15) is 5.82 Å². The molecule has 0 aliphatic heterocycles. The fraction of sp³-hybridized carbons (Fsp3) is 0.250. The average Bonchev–Trinajstić information content (AvgIpc) is 2.38. The number of nitrogen functional groups attached to an aromatic ring is 1. The van der Waals surface area contributed by atoms with Crippen molar-refractivity contribution in [1.29, 1.82) is 0 Å². The van der Waals surface area contributed by atoms with Crippen molar-refractivity contribution in [3.63, 3.8) is 0 Å².